The van der Waals surface area contributed by atoms with Crippen molar-refractivity contribution in [2.45, 2.75) is 31.1 Å². The molecule has 1 aliphatic heterocycles. The van der Waals surface area contributed by atoms with Crippen molar-refractivity contribution in [1.29, 1.82) is 0 Å². The summed E-state index contributed by atoms with van der Waals surface area (Å²) in [6, 6.07) is 1.42. The number of allylic oxidation sites excluding steroid dienone is 1. The van der Waals surface area contributed by atoms with Gasteiger partial charge in [0, 0.05) is 22.4 Å². The number of amidine groups is 1. The molecule has 0 saturated heterocycles. The van der Waals surface area contributed by atoms with Gasteiger partial charge in [-0.15, -0.1) is 0 Å². The minimum Gasteiger partial charge on any atom is -0.338 e. The van der Waals surface area contributed by atoms with E-state index in [1.165, 1.54) is 13.2 Å². The molecule has 2 atom stereocenters. The predicted molar refractivity (Wildman–Crippen MR) is 99.2 cm³/mol. The summed E-state index contributed by atoms with van der Waals surface area (Å²) in [4.78, 5) is 14.5. The lowest BCUT2D eigenvalue weighted by Gasteiger charge is -2.36. The summed E-state index contributed by atoms with van der Waals surface area (Å²) in [5.41, 5.74) is -1.48. The summed E-state index contributed by atoms with van der Waals surface area (Å²) in [6.45, 7) is 0.696. The molecule has 8 nitrogen and oxygen atoms in total. The quantitative estimate of drug-likeness (QED) is 0.396. The standard InChI is InChI=1S/C17H18F4N6O2/c1-9-5-11(6-10-8-23-26-13(9)10)24-15-14(27(28)29)16(22-2,3-4-18)7-12(25-15)17(19,20)21/h5-8,14,22H,3-4H2,1-2H3,(H,23,26)(H,24,25). The van der Waals surface area contributed by atoms with Gasteiger partial charge in [0.15, 0.2) is 5.84 Å². The first-order chi connectivity index (χ1) is 13.6. The largest absolute Gasteiger partial charge is 0.433 e. The Morgan fingerprint density at radius 2 is 2.10 bits per heavy atom. The number of nitrogens with zero attached hydrogens (tertiary/aromatic N) is 3. The Bertz CT molecular complexity index is 999. The third kappa shape index (κ3) is 3.79. The summed E-state index contributed by atoms with van der Waals surface area (Å²) >= 11 is 0. The Morgan fingerprint density at radius 3 is 2.69 bits per heavy atom. The van der Waals surface area contributed by atoms with Crippen molar-refractivity contribution in [3.63, 3.8) is 0 Å². The topological polar surface area (TPSA) is 108 Å². The second-order valence-electron chi connectivity index (χ2n) is 6.69. The minimum atomic E-state index is -4.86. The number of aromatic nitrogens is 2. The zero-order chi connectivity index (χ0) is 21.4. The highest BCUT2D eigenvalue weighted by Gasteiger charge is 2.53. The van der Waals surface area contributed by atoms with Crippen LogP contribution in [-0.4, -0.2) is 52.4 Å². The molecule has 3 rings (SSSR count). The van der Waals surface area contributed by atoms with Crippen molar-refractivity contribution in [1.82, 2.24) is 15.5 Å². The first kappa shape index (κ1) is 20.7. The van der Waals surface area contributed by atoms with Crippen LogP contribution in [0.5, 0.6) is 0 Å². The average Bonchev–Trinajstić information content (AvgIpc) is 3.09. The minimum absolute atomic E-state index is 0.302. The van der Waals surface area contributed by atoms with Gasteiger partial charge in [-0.2, -0.15) is 18.3 Å². The van der Waals surface area contributed by atoms with Crippen LogP contribution in [0.2, 0.25) is 0 Å². The first-order valence-electron chi connectivity index (χ1n) is 8.59. The molecule has 2 unspecified atom stereocenters. The normalized spacial score (nSPS) is 22.3. The molecule has 0 saturated carbocycles. The summed E-state index contributed by atoms with van der Waals surface area (Å²) in [5.74, 6) is -0.533. The van der Waals surface area contributed by atoms with E-state index in [1.807, 2.05) is 0 Å². The second-order valence-corrected chi connectivity index (χ2v) is 6.69. The third-order valence-corrected chi connectivity index (χ3v) is 4.88. The van der Waals surface area contributed by atoms with Crippen molar-refractivity contribution < 1.29 is 22.5 Å². The smallest absolute Gasteiger partial charge is 0.338 e. The van der Waals surface area contributed by atoms with E-state index in [0.29, 0.717) is 17.1 Å². The van der Waals surface area contributed by atoms with Crippen LogP contribution >= 0.6 is 0 Å². The molecule has 3 N–H and O–H groups in total. The molecule has 156 valence electrons. The van der Waals surface area contributed by atoms with Gasteiger partial charge in [-0.05, 0) is 37.7 Å². The van der Waals surface area contributed by atoms with Crippen LogP contribution in [0.4, 0.5) is 23.2 Å². The molecule has 0 spiro atoms. The molecule has 1 aromatic heterocycles. The number of H-pyrrole nitrogens is 1. The van der Waals surface area contributed by atoms with Gasteiger partial charge >= 0.3 is 6.18 Å². The molecule has 12 heteroatoms. The monoisotopic (exact) mass is 414 g/mol. The van der Waals surface area contributed by atoms with Gasteiger partial charge in [0.25, 0.3) is 6.04 Å². The summed E-state index contributed by atoms with van der Waals surface area (Å²) in [5, 5.41) is 24.3. The molecule has 0 aliphatic carbocycles. The number of anilines is 1. The Morgan fingerprint density at radius 1 is 1.38 bits per heavy atom. The van der Waals surface area contributed by atoms with E-state index < -0.39 is 47.3 Å². The Hall–Kier alpha value is -3.02. The number of nitrogens with one attached hydrogen (secondary N) is 3. The van der Waals surface area contributed by atoms with Crippen LogP contribution in [0.25, 0.3) is 10.9 Å². The Balaban J connectivity index is 2.12. The van der Waals surface area contributed by atoms with E-state index in [2.05, 4.69) is 25.8 Å². The van der Waals surface area contributed by atoms with Crippen LogP contribution in [-0.2, 0) is 0 Å². The highest BCUT2D eigenvalue weighted by Crippen LogP contribution is 2.36. The molecule has 0 fully saturated rings. The van der Waals surface area contributed by atoms with Gasteiger partial charge in [0.1, 0.15) is 11.2 Å². The Labute approximate surface area is 162 Å². The van der Waals surface area contributed by atoms with E-state index in [0.717, 1.165) is 11.1 Å². The van der Waals surface area contributed by atoms with Gasteiger partial charge in [-0.25, -0.2) is 4.99 Å². The molecule has 1 aliphatic rings. The number of aliphatic imine (C=N–C) groups is 1. The van der Waals surface area contributed by atoms with Crippen molar-refractivity contribution in [2.75, 3.05) is 19.0 Å². The van der Waals surface area contributed by atoms with E-state index in [9.17, 15) is 27.7 Å². The zero-order valence-electron chi connectivity index (χ0n) is 15.5. The van der Waals surface area contributed by atoms with Gasteiger partial charge in [-0.3, -0.25) is 19.6 Å². The third-order valence-electron chi connectivity index (χ3n) is 4.88. The maximum Gasteiger partial charge on any atom is 0.433 e. The maximum absolute atomic E-state index is 13.4. The number of benzene rings is 1. The van der Waals surface area contributed by atoms with Crippen LogP contribution in [0.1, 0.15) is 12.0 Å². The molecule has 29 heavy (non-hydrogen) atoms. The fraction of sp³-hybridized carbons (Fsp3) is 0.412. The van der Waals surface area contributed by atoms with E-state index in [-0.39, 0.29) is 0 Å². The number of alkyl halides is 4. The molecule has 2 heterocycles. The van der Waals surface area contributed by atoms with Crippen molar-refractivity contribution in [3.8, 4) is 0 Å². The van der Waals surface area contributed by atoms with Gasteiger partial charge in [-0.1, -0.05) is 0 Å². The Kier molecular flexibility index (Phi) is 5.30. The lowest BCUT2D eigenvalue weighted by atomic mass is 9.83. The van der Waals surface area contributed by atoms with E-state index in [1.54, 1.807) is 19.1 Å². The predicted octanol–water partition coefficient (Wildman–Crippen LogP) is 3.10. The van der Waals surface area contributed by atoms with Crippen molar-refractivity contribution in [3.05, 3.63) is 45.8 Å². The van der Waals surface area contributed by atoms with Crippen LogP contribution in [0.15, 0.2) is 35.1 Å². The number of aromatic amines is 1. The first-order valence-corrected chi connectivity index (χ1v) is 8.59. The van der Waals surface area contributed by atoms with Crippen LogP contribution in [0.3, 0.4) is 0 Å². The van der Waals surface area contributed by atoms with Gasteiger partial charge in [0.05, 0.1) is 18.4 Å². The zero-order valence-corrected chi connectivity index (χ0v) is 15.5. The number of aryl methyl sites for hydroxylation is 1. The number of likely N-dealkylation sites (N-methyl/N-ethyl adjacent to an activating group) is 1. The second kappa shape index (κ2) is 7.43. The fourth-order valence-electron chi connectivity index (χ4n) is 3.47. The summed E-state index contributed by atoms with van der Waals surface area (Å²) in [7, 11) is 1.25. The fourth-order valence-corrected chi connectivity index (χ4v) is 3.47. The number of hydrogen-bond donors (Lipinski definition) is 3. The lowest BCUT2D eigenvalue weighted by molar-refractivity contribution is -0.513. The summed E-state index contributed by atoms with van der Waals surface area (Å²) in [6.07, 6.45) is -3.29. The number of halogens is 4. The molecule has 0 amide bonds. The highest BCUT2D eigenvalue weighted by atomic mass is 19.4. The maximum atomic E-state index is 13.4. The highest BCUT2D eigenvalue weighted by molar-refractivity contribution is 6.02. The molecule has 0 radical (unpaired) electrons. The molecule has 0 bridgehead atoms. The van der Waals surface area contributed by atoms with Gasteiger partial charge < -0.3 is 10.6 Å². The molecule has 2 aromatic rings. The number of fused-ring (bicyclic) bond motifs is 1. The average molecular weight is 414 g/mol. The number of nitro groups is 1. The van der Waals surface area contributed by atoms with Crippen molar-refractivity contribution in [2.24, 2.45) is 4.99 Å². The SMILES string of the molecule is CNC1(CCF)C=C(C(F)(F)F)N=C(Nc2cc(C)c3[nH]ncc3c2)C1[N+](=O)[O-]. The lowest BCUT2D eigenvalue weighted by Crippen LogP contribution is -2.62. The van der Waals surface area contributed by atoms with Crippen LogP contribution < -0.4 is 10.6 Å². The molecule has 1 aromatic carbocycles. The number of rotatable bonds is 5. The van der Waals surface area contributed by atoms with Gasteiger partial charge in [0.2, 0.25) is 0 Å². The molecular weight excluding hydrogens is 396 g/mol. The van der Waals surface area contributed by atoms with E-state index >= 15 is 0 Å². The molecular formula is C17H18F4N6O2. The van der Waals surface area contributed by atoms with Crippen LogP contribution in [0, 0.1) is 17.0 Å². The summed E-state index contributed by atoms with van der Waals surface area (Å²) < 4.78 is 53.4. The van der Waals surface area contributed by atoms with E-state index in [4.69, 9.17) is 0 Å². The van der Waals surface area contributed by atoms with Crippen molar-refractivity contribution >= 4 is 22.4 Å². The number of hydrogen-bond acceptors (Lipinski definition) is 6.